The van der Waals surface area contributed by atoms with Crippen molar-refractivity contribution in [1.82, 2.24) is 5.32 Å². The topological polar surface area (TPSA) is 90.5 Å². The van der Waals surface area contributed by atoms with Crippen LogP contribution in [0.4, 0.5) is 11.4 Å². The third-order valence-electron chi connectivity index (χ3n) is 4.93. The van der Waals surface area contributed by atoms with Crippen LogP contribution in [-0.4, -0.2) is 24.0 Å². The van der Waals surface area contributed by atoms with E-state index in [1.165, 1.54) is 12.1 Å². The van der Waals surface area contributed by atoms with Gasteiger partial charge in [0.05, 0.1) is 22.5 Å². The maximum Gasteiger partial charge on any atom is 0.335 e. The van der Waals surface area contributed by atoms with Crippen molar-refractivity contribution in [2.45, 2.75) is 6.54 Å². The summed E-state index contributed by atoms with van der Waals surface area (Å²) in [4.78, 5) is 24.2. The second kappa shape index (κ2) is 8.23. The largest absolute Gasteiger partial charge is 0.478 e. The van der Waals surface area contributed by atoms with E-state index in [0.717, 1.165) is 23.4 Å². The summed E-state index contributed by atoms with van der Waals surface area (Å²) in [6, 6.07) is 22.3. The molecule has 0 spiro atoms. The van der Waals surface area contributed by atoms with E-state index in [0.29, 0.717) is 22.5 Å². The molecule has 30 heavy (non-hydrogen) atoms. The number of hydrogen-bond donors (Lipinski definition) is 4. The lowest BCUT2D eigenvalue weighted by molar-refractivity contribution is -0.110. The summed E-state index contributed by atoms with van der Waals surface area (Å²) in [5, 5.41) is 18.6. The van der Waals surface area contributed by atoms with Gasteiger partial charge in [0, 0.05) is 17.8 Å². The van der Waals surface area contributed by atoms with Gasteiger partial charge in [-0.1, -0.05) is 48.5 Å². The van der Waals surface area contributed by atoms with Crippen molar-refractivity contribution in [3.63, 3.8) is 0 Å². The van der Waals surface area contributed by atoms with E-state index in [1.807, 2.05) is 61.6 Å². The summed E-state index contributed by atoms with van der Waals surface area (Å²) < 4.78 is 0. The number of carboxylic acids is 1. The number of rotatable bonds is 6. The maximum absolute atomic E-state index is 12.9. The Bertz CT molecular complexity index is 1140. The van der Waals surface area contributed by atoms with E-state index >= 15 is 0 Å². The number of aromatic carboxylic acids is 1. The highest BCUT2D eigenvalue weighted by Crippen LogP contribution is 2.38. The fourth-order valence-electron chi connectivity index (χ4n) is 3.49. The molecule has 0 radical (unpaired) electrons. The van der Waals surface area contributed by atoms with Crippen LogP contribution in [-0.2, 0) is 11.3 Å². The molecule has 0 fully saturated rings. The average molecular weight is 399 g/mol. The highest BCUT2D eigenvalue weighted by molar-refractivity contribution is 6.37. The van der Waals surface area contributed by atoms with Crippen molar-refractivity contribution < 1.29 is 14.7 Å². The van der Waals surface area contributed by atoms with E-state index in [-0.39, 0.29) is 11.5 Å². The lowest BCUT2D eigenvalue weighted by Crippen LogP contribution is -2.10. The zero-order chi connectivity index (χ0) is 21.1. The van der Waals surface area contributed by atoms with Gasteiger partial charge in [0.15, 0.2) is 0 Å². The molecule has 0 saturated heterocycles. The number of hydrogen-bond acceptors (Lipinski definition) is 4. The van der Waals surface area contributed by atoms with Gasteiger partial charge in [-0.2, -0.15) is 0 Å². The molecule has 0 aliphatic carbocycles. The first-order valence-electron chi connectivity index (χ1n) is 9.56. The van der Waals surface area contributed by atoms with E-state index in [2.05, 4.69) is 16.0 Å². The average Bonchev–Trinajstić information content (AvgIpc) is 3.08. The summed E-state index contributed by atoms with van der Waals surface area (Å²) in [6.45, 7) is 0.772. The molecule has 0 unspecified atom stereocenters. The number of anilines is 2. The predicted octanol–water partition coefficient (Wildman–Crippen LogP) is 4.04. The fourth-order valence-corrected chi connectivity index (χ4v) is 3.49. The molecule has 1 heterocycles. The smallest absolute Gasteiger partial charge is 0.335 e. The zero-order valence-corrected chi connectivity index (χ0v) is 16.4. The van der Waals surface area contributed by atoms with Crippen molar-refractivity contribution >= 4 is 34.5 Å². The molecule has 3 aromatic rings. The van der Waals surface area contributed by atoms with Crippen molar-refractivity contribution in [3.8, 4) is 0 Å². The standard InChI is InChI=1S/C24H21N3O3/c1-25-14-15-7-10-18(11-8-15)26-22(16-5-3-2-4-6-16)21-19-12-9-17(24(29)30)13-20(19)27-23(21)28/h2-13,25-26H,14H2,1H3,(H,27,28)(H,29,30)/b22-21-. The first-order chi connectivity index (χ1) is 14.6. The van der Waals surface area contributed by atoms with Crippen LogP contribution in [0.2, 0.25) is 0 Å². The number of carbonyl (C=O) groups excluding carboxylic acids is 1. The van der Waals surface area contributed by atoms with Gasteiger partial charge >= 0.3 is 5.97 Å². The number of carboxylic acid groups (broad SMARTS) is 1. The SMILES string of the molecule is CNCc1ccc(N/C(=C2\C(=O)Nc3cc(C(=O)O)ccc32)c2ccccc2)cc1. The summed E-state index contributed by atoms with van der Waals surface area (Å²) in [5.74, 6) is -1.31. The first-order valence-corrected chi connectivity index (χ1v) is 9.56. The second-order valence-corrected chi connectivity index (χ2v) is 6.99. The Hall–Kier alpha value is -3.90. The molecule has 6 heteroatoms. The Kier molecular flexibility index (Phi) is 5.32. The molecule has 1 aliphatic rings. The van der Waals surface area contributed by atoms with E-state index in [4.69, 9.17) is 0 Å². The van der Waals surface area contributed by atoms with Crippen LogP contribution in [0, 0.1) is 0 Å². The minimum absolute atomic E-state index is 0.129. The second-order valence-electron chi connectivity index (χ2n) is 6.99. The number of benzene rings is 3. The Morgan fingerprint density at radius 3 is 2.37 bits per heavy atom. The highest BCUT2D eigenvalue weighted by atomic mass is 16.4. The monoisotopic (exact) mass is 399 g/mol. The third kappa shape index (κ3) is 3.81. The maximum atomic E-state index is 12.9. The number of amides is 1. The Morgan fingerprint density at radius 2 is 1.70 bits per heavy atom. The van der Waals surface area contributed by atoms with Gasteiger partial charge < -0.3 is 21.1 Å². The normalized spacial score (nSPS) is 14.1. The lowest BCUT2D eigenvalue weighted by Gasteiger charge is -2.15. The minimum atomic E-state index is -1.03. The summed E-state index contributed by atoms with van der Waals surface area (Å²) >= 11 is 0. The first kappa shape index (κ1) is 19.4. The summed E-state index contributed by atoms with van der Waals surface area (Å²) in [6.07, 6.45) is 0. The van der Waals surface area contributed by atoms with Crippen LogP contribution >= 0.6 is 0 Å². The molecule has 6 nitrogen and oxygen atoms in total. The van der Waals surface area contributed by atoms with Gasteiger partial charge in [0.25, 0.3) is 5.91 Å². The van der Waals surface area contributed by atoms with Crippen molar-refractivity contribution in [3.05, 3.63) is 95.1 Å². The highest BCUT2D eigenvalue weighted by Gasteiger charge is 2.29. The molecule has 3 aromatic carbocycles. The molecule has 1 amide bonds. The minimum Gasteiger partial charge on any atom is -0.478 e. The summed E-state index contributed by atoms with van der Waals surface area (Å²) in [7, 11) is 1.90. The van der Waals surface area contributed by atoms with Crippen LogP contribution in [0.1, 0.15) is 27.0 Å². The molecule has 1 aliphatic heterocycles. The molecule has 0 aromatic heterocycles. The van der Waals surface area contributed by atoms with Gasteiger partial charge in [-0.25, -0.2) is 4.79 Å². The summed E-state index contributed by atoms with van der Waals surface area (Å²) in [5.41, 5.74) is 5.30. The lowest BCUT2D eigenvalue weighted by atomic mass is 9.99. The fraction of sp³-hybridized carbons (Fsp3) is 0.0833. The Balaban J connectivity index is 1.82. The number of nitrogens with one attached hydrogen (secondary N) is 3. The number of carbonyl (C=O) groups is 2. The third-order valence-corrected chi connectivity index (χ3v) is 4.93. The van der Waals surface area contributed by atoms with Gasteiger partial charge in [0.1, 0.15) is 0 Å². The Labute approximate surface area is 174 Å². The molecule has 0 bridgehead atoms. The number of fused-ring (bicyclic) bond motifs is 1. The van der Waals surface area contributed by atoms with Crippen LogP contribution in [0.5, 0.6) is 0 Å². The van der Waals surface area contributed by atoms with E-state index in [1.54, 1.807) is 6.07 Å². The van der Waals surface area contributed by atoms with Crippen molar-refractivity contribution in [2.75, 3.05) is 17.7 Å². The van der Waals surface area contributed by atoms with Crippen LogP contribution < -0.4 is 16.0 Å². The van der Waals surface area contributed by atoms with Crippen molar-refractivity contribution in [1.29, 1.82) is 0 Å². The van der Waals surface area contributed by atoms with Crippen LogP contribution in [0.3, 0.4) is 0 Å². The van der Waals surface area contributed by atoms with Gasteiger partial charge in [-0.3, -0.25) is 4.79 Å². The molecule has 150 valence electrons. The molecule has 4 N–H and O–H groups in total. The molecular weight excluding hydrogens is 378 g/mol. The van der Waals surface area contributed by atoms with E-state index in [9.17, 15) is 14.7 Å². The zero-order valence-electron chi connectivity index (χ0n) is 16.4. The van der Waals surface area contributed by atoms with Gasteiger partial charge in [-0.05, 0) is 42.4 Å². The van der Waals surface area contributed by atoms with Crippen LogP contribution in [0.25, 0.3) is 11.3 Å². The Morgan fingerprint density at radius 1 is 0.967 bits per heavy atom. The molecule has 0 saturated carbocycles. The molecular formula is C24H21N3O3. The predicted molar refractivity (Wildman–Crippen MR) is 118 cm³/mol. The quantitative estimate of drug-likeness (QED) is 0.470. The van der Waals surface area contributed by atoms with Crippen LogP contribution in [0.15, 0.2) is 72.8 Å². The van der Waals surface area contributed by atoms with Gasteiger partial charge in [-0.15, -0.1) is 0 Å². The van der Waals surface area contributed by atoms with Gasteiger partial charge in [0.2, 0.25) is 0 Å². The van der Waals surface area contributed by atoms with E-state index < -0.39 is 5.97 Å². The molecule has 0 atom stereocenters. The molecule has 4 rings (SSSR count). The van der Waals surface area contributed by atoms with Crippen molar-refractivity contribution in [2.24, 2.45) is 0 Å².